The minimum absolute atomic E-state index is 0.00965. The predicted octanol–water partition coefficient (Wildman–Crippen LogP) is 5.82. The van der Waals surface area contributed by atoms with Crippen LogP contribution in [0.25, 0.3) is 0 Å². The van der Waals surface area contributed by atoms with Crippen LogP contribution in [0.2, 0.25) is 5.02 Å². The first-order valence-corrected chi connectivity index (χ1v) is 6.84. The van der Waals surface area contributed by atoms with Gasteiger partial charge >= 0.3 is 6.18 Å². The lowest BCUT2D eigenvalue weighted by atomic mass is 10.2. The van der Waals surface area contributed by atoms with Crippen LogP contribution in [0.3, 0.4) is 0 Å². The molecule has 0 atom stereocenters. The molecule has 0 aliphatic rings. The summed E-state index contributed by atoms with van der Waals surface area (Å²) in [5.41, 5.74) is -1.06. The van der Waals surface area contributed by atoms with E-state index in [0.29, 0.717) is 0 Å². The summed E-state index contributed by atoms with van der Waals surface area (Å²) < 4.78 is 43.1. The van der Waals surface area contributed by atoms with Crippen molar-refractivity contribution in [3.63, 3.8) is 0 Å². The highest BCUT2D eigenvalue weighted by atomic mass is 79.9. The second-order valence-electron chi connectivity index (χ2n) is 4.12. The maximum absolute atomic E-state index is 12.5. The molecule has 0 aliphatic carbocycles. The number of nitro benzene ring substituents is 1. The maximum atomic E-state index is 12.5. The Morgan fingerprint density at radius 2 is 1.86 bits per heavy atom. The standard InChI is InChI=1S/C13H6BrClF3NO3/c14-9-6-8(2-3-11(9)19(20)21)22-12-4-1-7(5-10(12)15)13(16,17)18/h1-6H. The molecule has 0 amide bonds. The molecule has 0 radical (unpaired) electrons. The molecule has 0 saturated heterocycles. The van der Waals surface area contributed by atoms with E-state index >= 15 is 0 Å². The van der Waals surface area contributed by atoms with E-state index in [0.717, 1.165) is 18.2 Å². The fraction of sp³-hybridized carbons (Fsp3) is 0.0769. The molecule has 2 aromatic rings. The number of rotatable bonds is 3. The molecule has 0 spiro atoms. The van der Waals surface area contributed by atoms with E-state index in [2.05, 4.69) is 15.9 Å². The molecule has 0 aromatic heterocycles. The second kappa shape index (κ2) is 6.13. The second-order valence-corrected chi connectivity index (χ2v) is 5.38. The van der Waals surface area contributed by atoms with Gasteiger partial charge in [-0.25, -0.2) is 0 Å². The van der Waals surface area contributed by atoms with Gasteiger partial charge in [-0.15, -0.1) is 0 Å². The summed E-state index contributed by atoms with van der Waals surface area (Å²) in [6, 6.07) is 6.51. The Labute approximate surface area is 135 Å². The van der Waals surface area contributed by atoms with Crippen LogP contribution in [-0.2, 0) is 6.18 Å². The molecular formula is C13H6BrClF3NO3. The highest BCUT2D eigenvalue weighted by Crippen LogP contribution is 2.37. The Morgan fingerprint density at radius 1 is 1.18 bits per heavy atom. The number of nitro groups is 1. The van der Waals surface area contributed by atoms with E-state index in [-0.39, 0.29) is 26.7 Å². The normalized spacial score (nSPS) is 11.3. The molecule has 0 N–H and O–H groups in total. The molecule has 116 valence electrons. The van der Waals surface area contributed by atoms with Crippen molar-refractivity contribution in [3.05, 3.63) is 61.6 Å². The van der Waals surface area contributed by atoms with E-state index in [9.17, 15) is 23.3 Å². The molecule has 2 aromatic carbocycles. The van der Waals surface area contributed by atoms with E-state index in [1.54, 1.807) is 0 Å². The van der Waals surface area contributed by atoms with Gasteiger partial charge in [0, 0.05) is 12.1 Å². The molecule has 0 fully saturated rings. The van der Waals surface area contributed by atoms with Gasteiger partial charge in [0.2, 0.25) is 0 Å². The number of alkyl halides is 3. The lowest BCUT2D eigenvalue weighted by molar-refractivity contribution is -0.385. The van der Waals surface area contributed by atoms with Crippen molar-refractivity contribution in [2.75, 3.05) is 0 Å². The van der Waals surface area contributed by atoms with Crippen LogP contribution in [0, 0.1) is 10.1 Å². The van der Waals surface area contributed by atoms with Crippen molar-refractivity contribution in [1.29, 1.82) is 0 Å². The fourth-order valence-electron chi connectivity index (χ4n) is 1.59. The number of hydrogen-bond acceptors (Lipinski definition) is 3. The van der Waals surface area contributed by atoms with Crippen molar-refractivity contribution in [1.82, 2.24) is 0 Å². The van der Waals surface area contributed by atoms with Crippen LogP contribution in [0.5, 0.6) is 11.5 Å². The van der Waals surface area contributed by atoms with Crippen LogP contribution < -0.4 is 4.74 Å². The Kier molecular flexibility index (Phi) is 4.62. The van der Waals surface area contributed by atoms with Crippen LogP contribution in [0.15, 0.2) is 40.9 Å². The van der Waals surface area contributed by atoms with Gasteiger partial charge in [-0.3, -0.25) is 10.1 Å². The Hall–Kier alpha value is -1.80. The summed E-state index contributed by atoms with van der Waals surface area (Å²) in [5, 5.41) is 10.5. The highest BCUT2D eigenvalue weighted by Gasteiger charge is 2.31. The quantitative estimate of drug-likeness (QED) is 0.485. The topological polar surface area (TPSA) is 52.4 Å². The van der Waals surface area contributed by atoms with Gasteiger partial charge in [0.25, 0.3) is 5.69 Å². The molecule has 0 bridgehead atoms. The summed E-state index contributed by atoms with van der Waals surface area (Å²) in [6.45, 7) is 0. The van der Waals surface area contributed by atoms with Gasteiger partial charge in [0.05, 0.1) is 20.0 Å². The fourth-order valence-corrected chi connectivity index (χ4v) is 2.31. The van der Waals surface area contributed by atoms with Crippen LogP contribution >= 0.6 is 27.5 Å². The van der Waals surface area contributed by atoms with E-state index in [4.69, 9.17) is 16.3 Å². The summed E-state index contributed by atoms with van der Waals surface area (Å²) >= 11 is 8.78. The molecule has 4 nitrogen and oxygen atoms in total. The third-order valence-electron chi connectivity index (χ3n) is 2.60. The van der Waals surface area contributed by atoms with Gasteiger partial charge in [0.1, 0.15) is 11.5 Å². The maximum Gasteiger partial charge on any atom is 0.416 e. The Morgan fingerprint density at radius 3 is 2.36 bits per heavy atom. The zero-order chi connectivity index (χ0) is 16.5. The largest absolute Gasteiger partial charge is 0.456 e. The van der Waals surface area contributed by atoms with Crippen molar-refractivity contribution >= 4 is 33.2 Å². The van der Waals surface area contributed by atoms with Gasteiger partial charge in [0.15, 0.2) is 0 Å². The van der Waals surface area contributed by atoms with Gasteiger partial charge < -0.3 is 4.74 Å². The lowest BCUT2D eigenvalue weighted by Gasteiger charge is -2.11. The Balaban J connectivity index is 2.28. The first-order valence-electron chi connectivity index (χ1n) is 5.67. The van der Waals surface area contributed by atoms with E-state index in [1.165, 1.54) is 18.2 Å². The zero-order valence-corrected chi connectivity index (χ0v) is 12.9. The average Bonchev–Trinajstić information content (AvgIpc) is 2.39. The number of hydrogen-bond donors (Lipinski definition) is 0. The van der Waals surface area contributed by atoms with E-state index < -0.39 is 16.7 Å². The minimum atomic E-state index is -4.50. The number of nitrogens with zero attached hydrogens (tertiary/aromatic N) is 1. The molecule has 0 unspecified atom stereocenters. The van der Waals surface area contributed by atoms with Gasteiger partial charge in [-0.1, -0.05) is 11.6 Å². The summed E-state index contributed by atoms with van der Waals surface area (Å²) in [7, 11) is 0. The van der Waals surface area contributed by atoms with Crippen molar-refractivity contribution in [3.8, 4) is 11.5 Å². The molecule has 22 heavy (non-hydrogen) atoms. The highest BCUT2D eigenvalue weighted by molar-refractivity contribution is 9.10. The number of ether oxygens (including phenoxy) is 1. The smallest absolute Gasteiger partial charge is 0.416 e. The summed E-state index contributed by atoms with van der Waals surface area (Å²) in [6.07, 6.45) is -4.50. The predicted molar refractivity (Wildman–Crippen MR) is 77.3 cm³/mol. The monoisotopic (exact) mass is 395 g/mol. The molecule has 9 heteroatoms. The average molecular weight is 397 g/mol. The molecule has 0 saturated carbocycles. The van der Waals surface area contributed by atoms with Gasteiger partial charge in [-0.05, 0) is 40.2 Å². The third-order valence-corrected chi connectivity index (χ3v) is 3.53. The zero-order valence-electron chi connectivity index (χ0n) is 10.5. The molecule has 0 heterocycles. The Bertz CT molecular complexity index is 737. The van der Waals surface area contributed by atoms with Crippen LogP contribution in [0.4, 0.5) is 18.9 Å². The van der Waals surface area contributed by atoms with Crippen molar-refractivity contribution in [2.24, 2.45) is 0 Å². The third kappa shape index (κ3) is 3.69. The summed E-state index contributed by atoms with van der Waals surface area (Å²) in [5.74, 6) is 0.203. The molecule has 0 aliphatic heterocycles. The SMILES string of the molecule is O=[N+]([O-])c1ccc(Oc2ccc(C(F)(F)F)cc2Cl)cc1Br. The van der Waals surface area contributed by atoms with Crippen LogP contribution in [-0.4, -0.2) is 4.92 Å². The first kappa shape index (κ1) is 16.6. The van der Waals surface area contributed by atoms with Crippen molar-refractivity contribution in [2.45, 2.75) is 6.18 Å². The van der Waals surface area contributed by atoms with E-state index in [1.807, 2.05) is 0 Å². The number of benzene rings is 2. The lowest BCUT2D eigenvalue weighted by Crippen LogP contribution is -2.04. The van der Waals surface area contributed by atoms with Gasteiger partial charge in [-0.2, -0.15) is 13.2 Å². The minimum Gasteiger partial charge on any atom is -0.456 e. The molecular weight excluding hydrogens is 390 g/mol. The van der Waals surface area contributed by atoms with Crippen LogP contribution in [0.1, 0.15) is 5.56 Å². The summed E-state index contributed by atoms with van der Waals surface area (Å²) in [4.78, 5) is 10.1. The molecule has 2 rings (SSSR count). The first-order chi connectivity index (χ1) is 10.2. The number of halogens is 5. The van der Waals surface area contributed by atoms with Crippen molar-refractivity contribution < 1.29 is 22.8 Å².